The molecule has 0 radical (unpaired) electrons. The summed E-state index contributed by atoms with van der Waals surface area (Å²) in [5.74, 6) is 0.455. The molecule has 0 bridgehead atoms. The molecule has 0 aliphatic rings. The fourth-order valence-electron chi connectivity index (χ4n) is 2.87. The molecule has 0 fully saturated rings. The fraction of sp³-hybridized carbons (Fsp3) is 0.0909. The largest absolute Gasteiger partial charge is 0.298 e. The first-order chi connectivity index (χ1) is 14.2. The number of Topliss-reactive ketones (excluding diaryl/α,β-unsaturated/α-hetero) is 1. The second-order valence-corrected chi connectivity index (χ2v) is 7.28. The van der Waals surface area contributed by atoms with E-state index >= 15 is 0 Å². The smallest absolute Gasteiger partial charge is 0.192 e. The summed E-state index contributed by atoms with van der Waals surface area (Å²) in [4.78, 5) is 16.5. The van der Waals surface area contributed by atoms with Crippen LogP contribution in [0.2, 0.25) is 0 Å². The molecule has 2 heterocycles. The lowest BCUT2D eigenvalue weighted by atomic mass is 10.1. The molecule has 0 amide bonds. The van der Waals surface area contributed by atoms with Crippen molar-refractivity contribution in [1.82, 2.24) is 19.7 Å². The summed E-state index contributed by atoms with van der Waals surface area (Å²) in [7, 11) is 0. The van der Waals surface area contributed by atoms with Crippen molar-refractivity contribution in [2.24, 2.45) is 0 Å². The molecule has 0 aliphatic carbocycles. The van der Waals surface area contributed by atoms with Gasteiger partial charge in [0, 0.05) is 23.5 Å². The summed E-state index contributed by atoms with van der Waals surface area (Å²) in [6.07, 6.45) is 3.42. The maximum Gasteiger partial charge on any atom is 0.192 e. The minimum absolute atomic E-state index is 0.0882. The quantitative estimate of drug-likeness (QED) is 0.335. The molecule has 0 N–H and O–H groups in total. The van der Waals surface area contributed by atoms with Gasteiger partial charge in [0.25, 0.3) is 0 Å². The number of hydrogen-bond donors (Lipinski definition) is 0. The molecule has 7 heteroatoms. The first-order valence-corrected chi connectivity index (χ1v) is 9.98. The molecule has 0 saturated heterocycles. The zero-order valence-electron chi connectivity index (χ0n) is 15.4. The van der Waals surface area contributed by atoms with E-state index in [2.05, 4.69) is 15.2 Å². The predicted molar refractivity (Wildman–Crippen MR) is 110 cm³/mol. The van der Waals surface area contributed by atoms with Crippen molar-refractivity contribution in [3.05, 3.63) is 96.1 Å². The molecular formula is C22H17FN4OS. The van der Waals surface area contributed by atoms with Crippen LogP contribution in [0.4, 0.5) is 4.39 Å². The van der Waals surface area contributed by atoms with Crippen LogP contribution in [0.5, 0.6) is 0 Å². The number of pyridine rings is 1. The molecule has 0 unspecified atom stereocenters. The molecule has 0 saturated carbocycles. The van der Waals surface area contributed by atoms with Gasteiger partial charge in [-0.25, -0.2) is 4.39 Å². The van der Waals surface area contributed by atoms with Crippen LogP contribution in [-0.2, 0) is 6.54 Å². The Morgan fingerprint density at radius 2 is 1.66 bits per heavy atom. The average Bonchev–Trinajstić information content (AvgIpc) is 3.16. The van der Waals surface area contributed by atoms with Crippen LogP contribution in [-0.4, -0.2) is 31.3 Å². The van der Waals surface area contributed by atoms with E-state index in [1.165, 1.54) is 36.0 Å². The molecule has 2 aromatic carbocycles. The third-order valence-corrected chi connectivity index (χ3v) is 5.30. The topological polar surface area (TPSA) is 60.7 Å². The van der Waals surface area contributed by atoms with E-state index in [0.717, 1.165) is 11.1 Å². The molecule has 2 aromatic heterocycles. The number of nitrogens with zero attached hydrogens (tertiary/aromatic N) is 4. The Labute approximate surface area is 171 Å². The van der Waals surface area contributed by atoms with E-state index in [1.807, 2.05) is 47.0 Å². The number of ketones is 1. The first kappa shape index (κ1) is 19.0. The summed E-state index contributed by atoms with van der Waals surface area (Å²) >= 11 is 1.32. The minimum Gasteiger partial charge on any atom is -0.298 e. The highest BCUT2D eigenvalue weighted by molar-refractivity contribution is 7.99. The zero-order chi connectivity index (χ0) is 20.1. The monoisotopic (exact) mass is 404 g/mol. The number of rotatable bonds is 7. The van der Waals surface area contributed by atoms with Crippen LogP contribution >= 0.6 is 11.8 Å². The van der Waals surface area contributed by atoms with Crippen LogP contribution in [0.3, 0.4) is 0 Å². The molecule has 5 nitrogen and oxygen atoms in total. The van der Waals surface area contributed by atoms with Crippen molar-refractivity contribution in [3.63, 3.8) is 0 Å². The van der Waals surface area contributed by atoms with Gasteiger partial charge in [-0.15, -0.1) is 10.2 Å². The van der Waals surface area contributed by atoms with Gasteiger partial charge >= 0.3 is 0 Å². The number of carbonyl (C=O) groups is 1. The third-order valence-electron chi connectivity index (χ3n) is 4.34. The third kappa shape index (κ3) is 4.57. The van der Waals surface area contributed by atoms with E-state index in [4.69, 9.17) is 0 Å². The molecule has 144 valence electrons. The maximum absolute atomic E-state index is 13.1. The Balaban J connectivity index is 1.59. The van der Waals surface area contributed by atoms with Crippen LogP contribution in [0.15, 0.2) is 84.3 Å². The van der Waals surface area contributed by atoms with Crippen molar-refractivity contribution < 1.29 is 9.18 Å². The van der Waals surface area contributed by atoms with Crippen LogP contribution in [0.1, 0.15) is 15.9 Å². The molecule has 0 spiro atoms. The second-order valence-electron chi connectivity index (χ2n) is 6.33. The Bertz CT molecular complexity index is 1100. The molecular weight excluding hydrogens is 387 g/mol. The zero-order valence-corrected chi connectivity index (χ0v) is 16.2. The van der Waals surface area contributed by atoms with Gasteiger partial charge in [-0.2, -0.15) is 0 Å². The van der Waals surface area contributed by atoms with Crippen molar-refractivity contribution in [2.45, 2.75) is 11.7 Å². The number of benzene rings is 2. The SMILES string of the molecule is O=C(CSc1nnc(-c2ccncc2)n1Cc1ccccc1)c1ccc(F)cc1. The maximum atomic E-state index is 13.1. The van der Waals surface area contributed by atoms with Crippen LogP contribution in [0, 0.1) is 5.82 Å². The summed E-state index contributed by atoms with van der Waals surface area (Å²) in [6.45, 7) is 0.582. The van der Waals surface area contributed by atoms with Gasteiger partial charge in [0.1, 0.15) is 5.82 Å². The number of hydrogen-bond acceptors (Lipinski definition) is 5. The first-order valence-electron chi connectivity index (χ1n) is 9.00. The van der Waals surface area contributed by atoms with E-state index in [-0.39, 0.29) is 17.4 Å². The molecule has 0 atom stereocenters. The van der Waals surface area contributed by atoms with E-state index in [1.54, 1.807) is 12.4 Å². The van der Waals surface area contributed by atoms with Gasteiger partial charge in [-0.1, -0.05) is 42.1 Å². The normalized spacial score (nSPS) is 10.8. The Hall–Kier alpha value is -3.32. The number of aromatic nitrogens is 4. The van der Waals surface area contributed by atoms with Gasteiger partial charge in [-0.3, -0.25) is 14.3 Å². The molecule has 4 aromatic rings. The molecule has 0 aliphatic heterocycles. The van der Waals surface area contributed by atoms with Gasteiger partial charge in [0.2, 0.25) is 0 Å². The van der Waals surface area contributed by atoms with Crippen molar-refractivity contribution in [1.29, 1.82) is 0 Å². The van der Waals surface area contributed by atoms with E-state index in [9.17, 15) is 9.18 Å². The van der Waals surface area contributed by atoms with Gasteiger partial charge in [0.15, 0.2) is 16.8 Å². The number of thioether (sulfide) groups is 1. The van der Waals surface area contributed by atoms with Gasteiger partial charge in [-0.05, 0) is 42.0 Å². The Morgan fingerprint density at radius 3 is 2.38 bits per heavy atom. The predicted octanol–water partition coefficient (Wildman–Crippen LogP) is 4.50. The highest BCUT2D eigenvalue weighted by atomic mass is 32.2. The lowest BCUT2D eigenvalue weighted by Gasteiger charge is -2.10. The van der Waals surface area contributed by atoms with Gasteiger partial charge in [0.05, 0.1) is 12.3 Å². The van der Waals surface area contributed by atoms with Crippen LogP contribution in [0.25, 0.3) is 11.4 Å². The molecule has 4 rings (SSSR count). The number of carbonyl (C=O) groups excluding carboxylic acids is 1. The van der Waals surface area contributed by atoms with Crippen molar-refractivity contribution in [3.8, 4) is 11.4 Å². The standard InChI is InChI=1S/C22H17FN4OS/c23-19-8-6-17(7-9-19)20(28)15-29-22-26-25-21(18-10-12-24-13-11-18)27(22)14-16-4-2-1-3-5-16/h1-13H,14-15H2. The van der Waals surface area contributed by atoms with Crippen LogP contribution < -0.4 is 0 Å². The molecule has 29 heavy (non-hydrogen) atoms. The van der Waals surface area contributed by atoms with E-state index < -0.39 is 0 Å². The summed E-state index contributed by atoms with van der Waals surface area (Å²) in [5.41, 5.74) is 2.48. The summed E-state index contributed by atoms with van der Waals surface area (Å²) in [5, 5.41) is 9.31. The summed E-state index contributed by atoms with van der Waals surface area (Å²) < 4.78 is 15.1. The number of halogens is 1. The minimum atomic E-state index is -0.362. The second kappa shape index (κ2) is 8.79. The lowest BCUT2D eigenvalue weighted by Crippen LogP contribution is -2.07. The summed E-state index contributed by atoms with van der Waals surface area (Å²) in [6, 6.07) is 19.3. The fourth-order valence-corrected chi connectivity index (χ4v) is 3.70. The highest BCUT2D eigenvalue weighted by Gasteiger charge is 2.16. The van der Waals surface area contributed by atoms with Crippen molar-refractivity contribution in [2.75, 3.05) is 5.75 Å². The lowest BCUT2D eigenvalue weighted by molar-refractivity contribution is 0.102. The average molecular weight is 404 g/mol. The Morgan fingerprint density at radius 1 is 0.931 bits per heavy atom. The van der Waals surface area contributed by atoms with Crippen molar-refractivity contribution >= 4 is 17.5 Å². The Kier molecular flexibility index (Phi) is 5.76. The van der Waals surface area contributed by atoms with E-state index in [0.29, 0.717) is 23.1 Å². The highest BCUT2D eigenvalue weighted by Crippen LogP contribution is 2.25. The van der Waals surface area contributed by atoms with Gasteiger partial charge < -0.3 is 0 Å².